The summed E-state index contributed by atoms with van der Waals surface area (Å²) >= 11 is 0. The van der Waals surface area contributed by atoms with Crippen molar-refractivity contribution in [3.05, 3.63) is 53.1 Å². The Morgan fingerprint density at radius 1 is 0.958 bits per heavy atom. The molecule has 1 aliphatic rings. The molecule has 130 valence electrons. The van der Waals surface area contributed by atoms with Crippen molar-refractivity contribution in [1.82, 2.24) is 5.32 Å². The minimum Gasteiger partial charge on any atom is -0.497 e. The van der Waals surface area contributed by atoms with Gasteiger partial charge in [-0.25, -0.2) is 0 Å². The standard InChI is InChI=1S/C19H23NO3.ClH/c1-21-15-6-4-13(5-7-15)10-17-16-12-19(23-3)18(22-2)11-14(16)8-9-20-17;/h4-7,11-12,17,20H,8-10H2,1-3H3;1H. The number of hydrogen-bond acceptors (Lipinski definition) is 4. The lowest BCUT2D eigenvalue weighted by Gasteiger charge is -2.28. The third-order valence-corrected chi connectivity index (χ3v) is 4.40. The Kier molecular flexibility index (Phi) is 6.35. The number of methoxy groups -OCH3 is 3. The molecule has 24 heavy (non-hydrogen) atoms. The van der Waals surface area contributed by atoms with Gasteiger partial charge < -0.3 is 19.5 Å². The van der Waals surface area contributed by atoms with Crippen LogP contribution < -0.4 is 19.5 Å². The molecular weight excluding hydrogens is 326 g/mol. The topological polar surface area (TPSA) is 39.7 Å². The lowest BCUT2D eigenvalue weighted by Crippen LogP contribution is -2.31. The fraction of sp³-hybridized carbons (Fsp3) is 0.368. The Balaban J connectivity index is 0.00000208. The second-order valence-electron chi connectivity index (χ2n) is 5.71. The summed E-state index contributed by atoms with van der Waals surface area (Å²) in [7, 11) is 5.05. The van der Waals surface area contributed by atoms with Crippen LogP contribution in [0.2, 0.25) is 0 Å². The molecule has 4 nitrogen and oxygen atoms in total. The first-order valence-corrected chi connectivity index (χ1v) is 7.86. The molecule has 0 spiro atoms. The van der Waals surface area contributed by atoms with E-state index in [1.54, 1.807) is 21.3 Å². The van der Waals surface area contributed by atoms with E-state index in [-0.39, 0.29) is 18.4 Å². The highest BCUT2D eigenvalue weighted by atomic mass is 35.5. The molecule has 1 atom stereocenters. The van der Waals surface area contributed by atoms with Gasteiger partial charge >= 0.3 is 0 Å². The quantitative estimate of drug-likeness (QED) is 0.895. The highest BCUT2D eigenvalue weighted by Gasteiger charge is 2.22. The van der Waals surface area contributed by atoms with Gasteiger partial charge in [-0.05, 0) is 60.3 Å². The molecule has 0 fully saturated rings. The van der Waals surface area contributed by atoms with Gasteiger partial charge in [-0.1, -0.05) is 12.1 Å². The van der Waals surface area contributed by atoms with Crippen molar-refractivity contribution >= 4 is 12.4 Å². The van der Waals surface area contributed by atoms with Gasteiger partial charge in [-0.2, -0.15) is 0 Å². The maximum Gasteiger partial charge on any atom is 0.161 e. The predicted octanol–water partition coefficient (Wildman–Crippen LogP) is 3.56. The van der Waals surface area contributed by atoms with Crippen molar-refractivity contribution in [2.75, 3.05) is 27.9 Å². The highest BCUT2D eigenvalue weighted by molar-refractivity contribution is 5.85. The third kappa shape index (κ3) is 3.77. The van der Waals surface area contributed by atoms with Crippen LogP contribution in [0.3, 0.4) is 0 Å². The Morgan fingerprint density at radius 2 is 1.62 bits per heavy atom. The second-order valence-corrected chi connectivity index (χ2v) is 5.71. The van der Waals surface area contributed by atoms with Crippen LogP contribution in [0, 0.1) is 0 Å². The van der Waals surface area contributed by atoms with Crippen LogP contribution in [0.1, 0.15) is 22.7 Å². The van der Waals surface area contributed by atoms with E-state index in [0.29, 0.717) is 0 Å². The third-order valence-electron chi connectivity index (χ3n) is 4.40. The van der Waals surface area contributed by atoms with Crippen LogP contribution in [-0.4, -0.2) is 27.9 Å². The first-order valence-electron chi connectivity index (χ1n) is 7.86. The molecule has 0 saturated heterocycles. The molecule has 2 aromatic carbocycles. The molecule has 2 aromatic rings. The van der Waals surface area contributed by atoms with Crippen molar-refractivity contribution in [2.45, 2.75) is 18.9 Å². The van der Waals surface area contributed by atoms with Crippen LogP contribution in [0.25, 0.3) is 0 Å². The SMILES string of the molecule is COc1ccc(CC2NCCc3cc(OC)c(OC)cc32)cc1.Cl. The van der Waals surface area contributed by atoms with E-state index in [9.17, 15) is 0 Å². The van der Waals surface area contributed by atoms with Crippen LogP contribution in [-0.2, 0) is 12.8 Å². The minimum absolute atomic E-state index is 0. The van der Waals surface area contributed by atoms with Crippen LogP contribution in [0.5, 0.6) is 17.2 Å². The van der Waals surface area contributed by atoms with Crippen molar-refractivity contribution in [3.63, 3.8) is 0 Å². The van der Waals surface area contributed by atoms with Gasteiger partial charge in [-0.3, -0.25) is 0 Å². The van der Waals surface area contributed by atoms with E-state index in [0.717, 1.165) is 36.6 Å². The Bertz CT molecular complexity index is 673. The van der Waals surface area contributed by atoms with E-state index in [2.05, 4.69) is 29.6 Å². The summed E-state index contributed by atoms with van der Waals surface area (Å²) in [6.45, 7) is 0.976. The van der Waals surface area contributed by atoms with Gasteiger partial charge in [0.2, 0.25) is 0 Å². The van der Waals surface area contributed by atoms with Gasteiger partial charge in [0.25, 0.3) is 0 Å². The molecule has 0 radical (unpaired) electrons. The van der Waals surface area contributed by atoms with E-state index < -0.39 is 0 Å². The fourth-order valence-electron chi connectivity index (χ4n) is 3.15. The van der Waals surface area contributed by atoms with Crippen molar-refractivity contribution in [2.24, 2.45) is 0 Å². The normalized spacial score (nSPS) is 15.9. The fourth-order valence-corrected chi connectivity index (χ4v) is 3.15. The molecule has 1 heterocycles. The zero-order valence-corrected chi connectivity index (χ0v) is 15.1. The molecule has 0 bridgehead atoms. The molecular formula is C19H24ClNO3. The summed E-state index contributed by atoms with van der Waals surface area (Å²) < 4.78 is 16.1. The van der Waals surface area contributed by atoms with Crippen LogP contribution in [0.15, 0.2) is 36.4 Å². The zero-order chi connectivity index (χ0) is 16.2. The largest absolute Gasteiger partial charge is 0.497 e. The van der Waals surface area contributed by atoms with Gasteiger partial charge in [0.05, 0.1) is 21.3 Å². The highest BCUT2D eigenvalue weighted by Crippen LogP contribution is 2.36. The molecule has 5 heteroatoms. The minimum atomic E-state index is 0. The zero-order valence-electron chi connectivity index (χ0n) is 14.3. The number of fused-ring (bicyclic) bond motifs is 1. The molecule has 0 saturated carbocycles. The number of rotatable bonds is 5. The lowest BCUT2D eigenvalue weighted by atomic mass is 9.90. The Labute approximate surface area is 149 Å². The predicted molar refractivity (Wildman–Crippen MR) is 97.9 cm³/mol. The molecule has 3 rings (SSSR count). The number of benzene rings is 2. The molecule has 0 aromatic heterocycles. The summed E-state index contributed by atoms with van der Waals surface area (Å²) in [4.78, 5) is 0. The van der Waals surface area contributed by atoms with Crippen LogP contribution >= 0.6 is 12.4 Å². The van der Waals surface area contributed by atoms with Gasteiger partial charge in [0.1, 0.15) is 5.75 Å². The maximum atomic E-state index is 5.46. The monoisotopic (exact) mass is 349 g/mol. The van der Waals surface area contributed by atoms with E-state index in [1.807, 2.05) is 12.1 Å². The number of halogens is 1. The Morgan fingerprint density at radius 3 is 2.25 bits per heavy atom. The molecule has 1 unspecified atom stereocenters. The Hall–Kier alpha value is -1.91. The van der Waals surface area contributed by atoms with E-state index >= 15 is 0 Å². The lowest BCUT2D eigenvalue weighted by molar-refractivity contribution is 0.352. The van der Waals surface area contributed by atoms with Crippen molar-refractivity contribution in [3.8, 4) is 17.2 Å². The molecule has 0 amide bonds. The van der Waals surface area contributed by atoms with Gasteiger partial charge in [0.15, 0.2) is 11.5 Å². The average molecular weight is 350 g/mol. The van der Waals surface area contributed by atoms with E-state index in [4.69, 9.17) is 14.2 Å². The molecule has 1 aliphatic heterocycles. The van der Waals surface area contributed by atoms with Crippen molar-refractivity contribution < 1.29 is 14.2 Å². The summed E-state index contributed by atoms with van der Waals surface area (Å²) in [5.74, 6) is 2.48. The van der Waals surface area contributed by atoms with Crippen molar-refractivity contribution in [1.29, 1.82) is 0 Å². The van der Waals surface area contributed by atoms with Gasteiger partial charge in [0, 0.05) is 6.04 Å². The smallest absolute Gasteiger partial charge is 0.161 e. The second kappa shape index (κ2) is 8.27. The summed E-state index contributed by atoms with van der Waals surface area (Å²) in [6, 6.07) is 12.8. The number of nitrogens with one attached hydrogen (secondary N) is 1. The summed E-state index contributed by atoms with van der Waals surface area (Å²) in [5, 5.41) is 3.61. The maximum absolute atomic E-state index is 5.46. The molecule has 0 aliphatic carbocycles. The molecule has 1 N–H and O–H groups in total. The number of hydrogen-bond donors (Lipinski definition) is 1. The van der Waals surface area contributed by atoms with Crippen LogP contribution in [0.4, 0.5) is 0 Å². The summed E-state index contributed by atoms with van der Waals surface area (Å²) in [5.41, 5.74) is 3.91. The van der Waals surface area contributed by atoms with Gasteiger partial charge in [-0.15, -0.1) is 12.4 Å². The number of ether oxygens (including phenoxy) is 3. The summed E-state index contributed by atoms with van der Waals surface area (Å²) in [6.07, 6.45) is 1.95. The first-order chi connectivity index (χ1) is 11.2. The average Bonchev–Trinajstić information content (AvgIpc) is 2.61. The van der Waals surface area contributed by atoms with E-state index in [1.165, 1.54) is 16.7 Å². The first kappa shape index (κ1) is 18.4.